The molecule has 0 aliphatic heterocycles. The number of nitrogens with zero attached hydrogens (tertiary/aromatic N) is 2. The molecule has 8 heteroatoms. The summed E-state index contributed by atoms with van der Waals surface area (Å²) in [5.74, 6) is 0.595. The molecule has 1 unspecified atom stereocenters. The molecule has 1 atom stereocenters. The van der Waals surface area contributed by atoms with Gasteiger partial charge in [0.2, 0.25) is 0 Å². The van der Waals surface area contributed by atoms with E-state index >= 15 is 0 Å². The molecule has 0 aromatic carbocycles. The van der Waals surface area contributed by atoms with Gasteiger partial charge in [-0.3, -0.25) is 4.68 Å². The van der Waals surface area contributed by atoms with E-state index < -0.39 is 12.8 Å². The standard InChI is InChI=1S/C11H18F3N3O2/c1-15-8(4-5-19-7-11(12,13)14)10-9(18-3)6-16-17(10)2/h6,8,15H,4-5,7H2,1-3H3. The first-order valence-corrected chi connectivity index (χ1v) is 5.76. The molecule has 0 aliphatic carbocycles. The highest BCUT2D eigenvalue weighted by Gasteiger charge is 2.27. The average molecular weight is 281 g/mol. The number of rotatable bonds is 7. The molecular weight excluding hydrogens is 263 g/mol. The van der Waals surface area contributed by atoms with E-state index in [1.807, 2.05) is 0 Å². The molecule has 0 amide bonds. The second kappa shape index (κ2) is 6.76. The van der Waals surface area contributed by atoms with Crippen molar-refractivity contribution in [3.05, 3.63) is 11.9 Å². The maximum absolute atomic E-state index is 11.9. The van der Waals surface area contributed by atoms with Crippen molar-refractivity contribution in [2.24, 2.45) is 7.05 Å². The van der Waals surface area contributed by atoms with Crippen molar-refractivity contribution < 1.29 is 22.6 Å². The smallest absolute Gasteiger partial charge is 0.411 e. The molecule has 1 aromatic heterocycles. The molecule has 0 saturated heterocycles. The number of alkyl halides is 3. The fourth-order valence-electron chi connectivity index (χ4n) is 1.79. The Balaban J connectivity index is 2.56. The van der Waals surface area contributed by atoms with E-state index in [1.54, 1.807) is 25.0 Å². The summed E-state index contributed by atoms with van der Waals surface area (Å²) in [6.45, 7) is -1.23. The molecule has 0 fully saturated rings. The Bertz CT molecular complexity index is 393. The SMILES string of the molecule is CNC(CCOCC(F)(F)F)c1c(OC)cnn1C. The van der Waals surface area contributed by atoms with Crippen molar-refractivity contribution in [3.63, 3.8) is 0 Å². The van der Waals surface area contributed by atoms with E-state index in [1.165, 1.54) is 7.11 Å². The summed E-state index contributed by atoms with van der Waals surface area (Å²) in [6.07, 6.45) is -2.34. The molecule has 1 aromatic rings. The molecule has 0 saturated carbocycles. The number of halogens is 3. The van der Waals surface area contributed by atoms with E-state index in [0.29, 0.717) is 12.2 Å². The maximum Gasteiger partial charge on any atom is 0.411 e. The van der Waals surface area contributed by atoms with Gasteiger partial charge in [-0.1, -0.05) is 0 Å². The van der Waals surface area contributed by atoms with Gasteiger partial charge >= 0.3 is 6.18 Å². The van der Waals surface area contributed by atoms with Crippen molar-refractivity contribution >= 4 is 0 Å². The highest BCUT2D eigenvalue weighted by Crippen LogP contribution is 2.26. The number of methoxy groups -OCH3 is 1. The van der Waals surface area contributed by atoms with Gasteiger partial charge in [0.25, 0.3) is 0 Å². The summed E-state index contributed by atoms with van der Waals surface area (Å²) < 4.78 is 47.2. The number of ether oxygens (including phenoxy) is 2. The van der Waals surface area contributed by atoms with Crippen LogP contribution in [-0.2, 0) is 11.8 Å². The summed E-state index contributed by atoms with van der Waals surface area (Å²) in [6, 6.07) is -0.185. The fourth-order valence-corrected chi connectivity index (χ4v) is 1.79. The van der Waals surface area contributed by atoms with Crippen LogP contribution in [0.2, 0.25) is 0 Å². The van der Waals surface area contributed by atoms with Crippen LogP contribution in [0.15, 0.2) is 6.20 Å². The summed E-state index contributed by atoms with van der Waals surface area (Å²) in [5.41, 5.74) is 0.778. The van der Waals surface area contributed by atoms with Gasteiger partial charge < -0.3 is 14.8 Å². The molecule has 19 heavy (non-hydrogen) atoms. The van der Waals surface area contributed by atoms with Crippen LogP contribution in [0.5, 0.6) is 5.75 Å². The molecule has 0 radical (unpaired) electrons. The lowest BCUT2D eigenvalue weighted by atomic mass is 10.1. The number of hydrogen-bond acceptors (Lipinski definition) is 4. The minimum Gasteiger partial charge on any atom is -0.493 e. The number of nitrogens with one attached hydrogen (secondary N) is 1. The van der Waals surface area contributed by atoms with Gasteiger partial charge in [0.05, 0.1) is 25.0 Å². The van der Waals surface area contributed by atoms with E-state index in [0.717, 1.165) is 5.69 Å². The molecular formula is C11H18F3N3O2. The number of aryl methyl sites for hydroxylation is 1. The highest BCUT2D eigenvalue weighted by molar-refractivity contribution is 5.28. The second-order valence-electron chi connectivity index (χ2n) is 4.02. The molecule has 1 rings (SSSR count). The van der Waals surface area contributed by atoms with Gasteiger partial charge in [0, 0.05) is 13.7 Å². The van der Waals surface area contributed by atoms with Crippen LogP contribution in [-0.4, -0.2) is 43.3 Å². The predicted octanol–water partition coefficient (Wildman–Crippen LogP) is 1.66. The Morgan fingerprint density at radius 3 is 2.68 bits per heavy atom. The molecule has 5 nitrogen and oxygen atoms in total. The van der Waals surface area contributed by atoms with Crippen LogP contribution in [0, 0.1) is 0 Å². The third-order valence-corrected chi connectivity index (χ3v) is 2.66. The largest absolute Gasteiger partial charge is 0.493 e. The molecule has 0 spiro atoms. The van der Waals surface area contributed by atoms with E-state index in [9.17, 15) is 13.2 Å². The Hall–Kier alpha value is -1.28. The van der Waals surface area contributed by atoms with Crippen molar-refractivity contribution in [2.45, 2.75) is 18.6 Å². The highest BCUT2D eigenvalue weighted by atomic mass is 19.4. The normalized spacial score (nSPS) is 13.6. The Morgan fingerprint density at radius 1 is 1.47 bits per heavy atom. The Morgan fingerprint density at radius 2 is 2.16 bits per heavy atom. The van der Waals surface area contributed by atoms with Crippen molar-refractivity contribution in [2.75, 3.05) is 27.4 Å². The zero-order valence-corrected chi connectivity index (χ0v) is 11.1. The van der Waals surface area contributed by atoms with E-state index in [2.05, 4.69) is 15.2 Å². The maximum atomic E-state index is 11.9. The van der Waals surface area contributed by atoms with Crippen LogP contribution in [0.4, 0.5) is 13.2 Å². The number of aromatic nitrogens is 2. The first-order chi connectivity index (χ1) is 8.89. The van der Waals surface area contributed by atoms with E-state index in [-0.39, 0.29) is 12.6 Å². The Kier molecular flexibility index (Phi) is 5.61. The first-order valence-electron chi connectivity index (χ1n) is 5.76. The summed E-state index contributed by atoms with van der Waals surface area (Å²) in [7, 11) is 4.99. The van der Waals surface area contributed by atoms with E-state index in [4.69, 9.17) is 4.74 Å². The minimum absolute atomic E-state index is 0.000644. The Labute approximate surface area is 109 Å². The van der Waals surface area contributed by atoms with Gasteiger partial charge in [0.15, 0.2) is 5.75 Å². The zero-order valence-electron chi connectivity index (χ0n) is 11.1. The van der Waals surface area contributed by atoms with Crippen LogP contribution in [0.3, 0.4) is 0 Å². The molecule has 1 heterocycles. The van der Waals surface area contributed by atoms with Crippen molar-refractivity contribution in [1.82, 2.24) is 15.1 Å². The topological polar surface area (TPSA) is 48.3 Å². The summed E-state index contributed by atoms with van der Waals surface area (Å²) in [5, 5.41) is 7.07. The van der Waals surface area contributed by atoms with Crippen LogP contribution >= 0.6 is 0 Å². The minimum atomic E-state index is -4.29. The third kappa shape index (κ3) is 4.71. The summed E-state index contributed by atoms with van der Waals surface area (Å²) in [4.78, 5) is 0. The lowest BCUT2D eigenvalue weighted by Gasteiger charge is -2.18. The molecule has 0 aliphatic rings. The average Bonchev–Trinajstić information content (AvgIpc) is 2.70. The summed E-state index contributed by atoms with van der Waals surface area (Å²) >= 11 is 0. The lowest BCUT2D eigenvalue weighted by Crippen LogP contribution is -2.23. The van der Waals surface area contributed by atoms with Crippen LogP contribution < -0.4 is 10.1 Å². The van der Waals surface area contributed by atoms with Crippen LogP contribution in [0.1, 0.15) is 18.2 Å². The molecule has 0 bridgehead atoms. The van der Waals surface area contributed by atoms with Crippen LogP contribution in [0.25, 0.3) is 0 Å². The van der Waals surface area contributed by atoms with Crippen molar-refractivity contribution in [3.8, 4) is 5.75 Å². The quantitative estimate of drug-likeness (QED) is 0.772. The lowest BCUT2D eigenvalue weighted by molar-refractivity contribution is -0.174. The number of hydrogen-bond donors (Lipinski definition) is 1. The molecule has 110 valence electrons. The van der Waals surface area contributed by atoms with Crippen molar-refractivity contribution in [1.29, 1.82) is 0 Å². The predicted molar refractivity (Wildman–Crippen MR) is 63.1 cm³/mol. The monoisotopic (exact) mass is 281 g/mol. The first kappa shape index (κ1) is 15.8. The van der Waals surface area contributed by atoms with Gasteiger partial charge in [-0.25, -0.2) is 0 Å². The molecule has 1 N–H and O–H groups in total. The third-order valence-electron chi connectivity index (χ3n) is 2.66. The van der Waals surface area contributed by atoms with Gasteiger partial charge in [-0.15, -0.1) is 0 Å². The van der Waals surface area contributed by atoms with Gasteiger partial charge in [-0.05, 0) is 13.5 Å². The van der Waals surface area contributed by atoms with Gasteiger partial charge in [-0.2, -0.15) is 18.3 Å². The second-order valence-corrected chi connectivity index (χ2v) is 4.02. The fraction of sp³-hybridized carbons (Fsp3) is 0.727. The van der Waals surface area contributed by atoms with Gasteiger partial charge in [0.1, 0.15) is 6.61 Å². The zero-order chi connectivity index (χ0) is 14.5.